The summed E-state index contributed by atoms with van der Waals surface area (Å²) in [6.45, 7) is 4.44. The predicted molar refractivity (Wildman–Crippen MR) is 70.1 cm³/mol. The summed E-state index contributed by atoms with van der Waals surface area (Å²) in [7, 11) is 1.88. The highest BCUT2D eigenvalue weighted by Gasteiger charge is 2.22. The van der Waals surface area contributed by atoms with Crippen LogP contribution in [0.5, 0.6) is 0 Å². The fraction of sp³-hybridized carbons (Fsp3) is 0.500. The van der Waals surface area contributed by atoms with E-state index in [0.717, 1.165) is 5.56 Å². The lowest BCUT2D eigenvalue weighted by molar-refractivity contribution is -0.383. The van der Waals surface area contributed by atoms with E-state index in [1.165, 1.54) is 6.07 Å². The molecular formula is C12H19N3O3. The Labute approximate surface area is 106 Å². The van der Waals surface area contributed by atoms with Crippen LogP contribution < -0.4 is 5.73 Å². The highest BCUT2D eigenvalue weighted by molar-refractivity contribution is 5.59. The van der Waals surface area contributed by atoms with Crippen molar-refractivity contribution in [3.8, 4) is 0 Å². The van der Waals surface area contributed by atoms with Crippen molar-refractivity contribution in [1.29, 1.82) is 0 Å². The van der Waals surface area contributed by atoms with Gasteiger partial charge in [0, 0.05) is 18.2 Å². The minimum absolute atomic E-state index is 0.0337. The second-order valence-electron chi connectivity index (χ2n) is 4.98. The number of nitro benzene ring substituents is 1. The normalized spacial score (nSPS) is 11.8. The monoisotopic (exact) mass is 253 g/mol. The third kappa shape index (κ3) is 3.18. The highest BCUT2D eigenvalue weighted by atomic mass is 16.6. The molecule has 0 radical (unpaired) electrons. The number of nitrogens with two attached hydrogens (primary N) is 1. The average Bonchev–Trinajstić information content (AvgIpc) is 2.28. The molecule has 1 aromatic carbocycles. The van der Waals surface area contributed by atoms with Gasteiger partial charge < -0.3 is 10.8 Å². The number of hydrogen-bond acceptors (Lipinski definition) is 5. The SMILES string of the molecule is CN(Cc1ccc([N+](=O)[O-])c(N)c1)C(C)(C)CO. The van der Waals surface area contributed by atoms with Crippen LogP contribution in [0.4, 0.5) is 11.4 Å². The van der Waals surface area contributed by atoms with Gasteiger partial charge in [-0.05, 0) is 32.5 Å². The lowest BCUT2D eigenvalue weighted by Gasteiger charge is -2.33. The molecule has 6 heteroatoms. The van der Waals surface area contributed by atoms with Gasteiger partial charge in [0.2, 0.25) is 0 Å². The number of nitrogen functional groups attached to an aromatic ring is 1. The van der Waals surface area contributed by atoms with Crippen molar-refractivity contribution in [3.63, 3.8) is 0 Å². The Bertz CT molecular complexity index is 446. The molecule has 0 spiro atoms. The molecule has 0 aromatic heterocycles. The van der Waals surface area contributed by atoms with Crippen LogP contribution in [-0.2, 0) is 6.54 Å². The van der Waals surface area contributed by atoms with E-state index in [1.54, 1.807) is 12.1 Å². The Hall–Kier alpha value is -1.66. The minimum Gasteiger partial charge on any atom is -0.394 e. The van der Waals surface area contributed by atoms with Crippen molar-refractivity contribution in [2.24, 2.45) is 0 Å². The largest absolute Gasteiger partial charge is 0.394 e. The lowest BCUT2D eigenvalue weighted by atomic mass is 10.0. The third-order valence-electron chi connectivity index (χ3n) is 3.13. The van der Waals surface area contributed by atoms with Crippen LogP contribution in [0.15, 0.2) is 18.2 Å². The molecule has 0 aliphatic rings. The fourth-order valence-corrected chi connectivity index (χ4v) is 1.48. The molecule has 0 unspecified atom stereocenters. The van der Waals surface area contributed by atoms with Gasteiger partial charge in [0.25, 0.3) is 5.69 Å². The Balaban J connectivity index is 2.87. The van der Waals surface area contributed by atoms with Gasteiger partial charge in [-0.25, -0.2) is 0 Å². The average molecular weight is 253 g/mol. The molecule has 0 aliphatic carbocycles. The standard InChI is InChI=1S/C12H19N3O3/c1-12(2,8-16)14(3)7-9-4-5-11(15(17)18)10(13)6-9/h4-6,16H,7-8,13H2,1-3H3. The maximum atomic E-state index is 10.6. The molecule has 0 fully saturated rings. The fourth-order valence-electron chi connectivity index (χ4n) is 1.48. The second-order valence-corrected chi connectivity index (χ2v) is 4.98. The van der Waals surface area contributed by atoms with Crippen LogP contribution in [0.2, 0.25) is 0 Å². The molecule has 1 rings (SSSR count). The molecule has 100 valence electrons. The Morgan fingerprint density at radius 3 is 2.56 bits per heavy atom. The van der Waals surface area contributed by atoms with E-state index in [9.17, 15) is 15.2 Å². The van der Waals surface area contributed by atoms with Gasteiger partial charge >= 0.3 is 0 Å². The number of aliphatic hydroxyl groups is 1. The maximum absolute atomic E-state index is 10.6. The van der Waals surface area contributed by atoms with Gasteiger partial charge in [-0.15, -0.1) is 0 Å². The first-order valence-corrected chi connectivity index (χ1v) is 5.63. The number of likely N-dealkylation sites (N-methyl/N-ethyl adjacent to an activating group) is 1. The molecule has 6 nitrogen and oxygen atoms in total. The summed E-state index contributed by atoms with van der Waals surface area (Å²) in [5.74, 6) is 0. The first kappa shape index (κ1) is 14.4. The number of rotatable bonds is 5. The molecule has 3 N–H and O–H groups in total. The quantitative estimate of drug-likeness (QED) is 0.470. The van der Waals surface area contributed by atoms with E-state index < -0.39 is 4.92 Å². The summed E-state index contributed by atoms with van der Waals surface area (Å²) < 4.78 is 0. The van der Waals surface area contributed by atoms with Crippen molar-refractivity contribution < 1.29 is 10.0 Å². The van der Waals surface area contributed by atoms with Crippen molar-refractivity contribution >= 4 is 11.4 Å². The summed E-state index contributed by atoms with van der Waals surface area (Å²) in [4.78, 5) is 12.1. The summed E-state index contributed by atoms with van der Waals surface area (Å²) in [5, 5.41) is 19.9. The van der Waals surface area contributed by atoms with E-state index in [-0.39, 0.29) is 23.5 Å². The van der Waals surface area contributed by atoms with Gasteiger partial charge in [-0.1, -0.05) is 6.07 Å². The Morgan fingerprint density at radius 1 is 1.50 bits per heavy atom. The van der Waals surface area contributed by atoms with E-state index in [0.29, 0.717) is 6.54 Å². The van der Waals surface area contributed by atoms with E-state index in [2.05, 4.69) is 0 Å². The lowest BCUT2D eigenvalue weighted by Crippen LogP contribution is -2.43. The number of benzene rings is 1. The zero-order valence-electron chi connectivity index (χ0n) is 10.9. The summed E-state index contributed by atoms with van der Waals surface area (Å²) in [6.07, 6.45) is 0. The molecule has 0 saturated heterocycles. The molecular weight excluding hydrogens is 234 g/mol. The van der Waals surface area contributed by atoms with Crippen LogP contribution >= 0.6 is 0 Å². The predicted octanol–water partition coefficient (Wildman–Crippen LogP) is 1.38. The maximum Gasteiger partial charge on any atom is 0.292 e. The van der Waals surface area contributed by atoms with Crippen LogP contribution in [0.25, 0.3) is 0 Å². The molecule has 0 atom stereocenters. The second kappa shape index (κ2) is 5.32. The molecule has 18 heavy (non-hydrogen) atoms. The zero-order valence-corrected chi connectivity index (χ0v) is 10.9. The molecule has 0 heterocycles. The van der Waals surface area contributed by atoms with Crippen molar-refractivity contribution in [2.45, 2.75) is 25.9 Å². The zero-order chi connectivity index (χ0) is 13.9. The van der Waals surface area contributed by atoms with Crippen molar-refractivity contribution in [1.82, 2.24) is 4.90 Å². The minimum atomic E-state index is -0.500. The molecule has 0 saturated carbocycles. The smallest absolute Gasteiger partial charge is 0.292 e. The van der Waals surface area contributed by atoms with Gasteiger partial charge in [-0.2, -0.15) is 0 Å². The summed E-state index contributed by atoms with van der Waals surface area (Å²) in [5.41, 5.74) is 6.24. The molecule has 0 amide bonds. The van der Waals surface area contributed by atoms with Crippen LogP contribution in [0.1, 0.15) is 19.4 Å². The van der Waals surface area contributed by atoms with Gasteiger partial charge in [0.1, 0.15) is 5.69 Å². The summed E-state index contributed by atoms with van der Waals surface area (Å²) >= 11 is 0. The molecule has 1 aromatic rings. The van der Waals surface area contributed by atoms with Gasteiger partial charge in [0.15, 0.2) is 0 Å². The van der Waals surface area contributed by atoms with E-state index in [1.807, 2.05) is 25.8 Å². The van der Waals surface area contributed by atoms with Crippen LogP contribution in [0.3, 0.4) is 0 Å². The number of anilines is 1. The van der Waals surface area contributed by atoms with Gasteiger partial charge in [0.05, 0.1) is 11.5 Å². The topological polar surface area (TPSA) is 92.6 Å². The highest BCUT2D eigenvalue weighted by Crippen LogP contribution is 2.24. The number of nitrogens with zero attached hydrogens (tertiary/aromatic N) is 2. The Morgan fingerprint density at radius 2 is 2.11 bits per heavy atom. The number of aliphatic hydroxyl groups excluding tert-OH is 1. The Kier molecular flexibility index (Phi) is 4.26. The summed E-state index contributed by atoms with van der Waals surface area (Å²) in [6, 6.07) is 4.69. The third-order valence-corrected chi connectivity index (χ3v) is 3.13. The van der Waals surface area contributed by atoms with E-state index in [4.69, 9.17) is 5.73 Å². The van der Waals surface area contributed by atoms with Gasteiger partial charge in [-0.3, -0.25) is 15.0 Å². The van der Waals surface area contributed by atoms with Crippen LogP contribution in [0, 0.1) is 10.1 Å². The van der Waals surface area contributed by atoms with Crippen molar-refractivity contribution in [3.05, 3.63) is 33.9 Å². The number of nitro groups is 1. The first-order valence-electron chi connectivity index (χ1n) is 5.63. The molecule has 0 bridgehead atoms. The van der Waals surface area contributed by atoms with Crippen LogP contribution in [-0.4, -0.2) is 34.1 Å². The molecule has 0 aliphatic heterocycles. The number of hydrogen-bond donors (Lipinski definition) is 2. The van der Waals surface area contributed by atoms with E-state index >= 15 is 0 Å². The van der Waals surface area contributed by atoms with Crippen molar-refractivity contribution in [2.75, 3.05) is 19.4 Å². The first-order chi connectivity index (χ1) is 8.27.